The molecule has 1 aliphatic heterocycles. The number of hydrogen-bond acceptors (Lipinski definition) is 4. The minimum absolute atomic E-state index is 0.0430. The number of nitroso groups, excluding NO2 is 1. The number of rotatable bonds is 3. The first-order valence-electron chi connectivity index (χ1n) is 3.41. The molecule has 13 heavy (non-hydrogen) atoms. The molecule has 0 amide bonds. The van der Waals surface area contributed by atoms with E-state index in [2.05, 4.69) is 16.0 Å². The van der Waals surface area contributed by atoms with Gasteiger partial charge in [-0.3, -0.25) is 0 Å². The number of dihydropyridines is 1. The highest BCUT2D eigenvalue weighted by Crippen LogP contribution is 2.04. The number of nitrogens with one attached hydrogen (secondary N) is 2. The topological polar surface area (TPSA) is 90.8 Å². The van der Waals surface area contributed by atoms with Gasteiger partial charge in [-0.05, 0) is 12.2 Å². The average Bonchev–Trinajstić information content (AvgIpc) is 2.15. The van der Waals surface area contributed by atoms with Gasteiger partial charge in [0.15, 0.2) is 0 Å². The van der Waals surface area contributed by atoms with Crippen LogP contribution < -0.4 is 10.7 Å². The Bertz CT molecular complexity index is 317. The SMILES string of the molecule is O=NN/C=C1\C=CC=C(C(=O)O)N1. The van der Waals surface area contributed by atoms with Crippen molar-refractivity contribution in [3.8, 4) is 0 Å². The maximum Gasteiger partial charge on any atom is 0.352 e. The maximum atomic E-state index is 10.5. The minimum atomic E-state index is -1.06. The zero-order chi connectivity index (χ0) is 9.68. The maximum absolute atomic E-state index is 10.5. The van der Waals surface area contributed by atoms with Crippen LogP contribution in [0.15, 0.2) is 41.1 Å². The third kappa shape index (κ3) is 2.44. The summed E-state index contributed by atoms with van der Waals surface area (Å²) in [6.45, 7) is 0. The van der Waals surface area contributed by atoms with E-state index in [0.717, 1.165) is 0 Å². The van der Waals surface area contributed by atoms with E-state index in [1.54, 1.807) is 12.2 Å². The molecule has 0 aliphatic carbocycles. The highest BCUT2D eigenvalue weighted by Gasteiger charge is 2.09. The monoisotopic (exact) mass is 181 g/mol. The van der Waals surface area contributed by atoms with Gasteiger partial charge >= 0.3 is 5.97 Å². The van der Waals surface area contributed by atoms with Crippen LogP contribution in [-0.4, -0.2) is 11.1 Å². The lowest BCUT2D eigenvalue weighted by atomic mass is 10.2. The van der Waals surface area contributed by atoms with Crippen LogP contribution in [0.4, 0.5) is 0 Å². The van der Waals surface area contributed by atoms with Crippen molar-refractivity contribution >= 4 is 5.97 Å². The van der Waals surface area contributed by atoms with E-state index < -0.39 is 5.97 Å². The van der Waals surface area contributed by atoms with Crippen molar-refractivity contribution in [1.29, 1.82) is 0 Å². The first kappa shape index (κ1) is 8.98. The number of allylic oxidation sites excluding steroid dienone is 3. The molecule has 3 N–H and O–H groups in total. The Morgan fingerprint density at radius 2 is 2.46 bits per heavy atom. The Hall–Kier alpha value is -2.11. The predicted octanol–water partition coefficient (Wildman–Crippen LogP) is 0.227. The smallest absolute Gasteiger partial charge is 0.352 e. The van der Waals surface area contributed by atoms with Crippen molar-refractivity contribution in [3.05, 3.63) is 40.7 Å². The highest BCUT2D eigenvalue weighted by molar-refractivity contribution is 5.87. The van der Waals surface area contributed by atoms with Gasteiger partial charge in [0, 0.05) is 6.20 Å². The van der Waals surface area contributed by atoms with Crippen LogP contribution in [0, 0.1) is 4.91 Å². The van der Waals surface area contributed by atoms with Crippen LogP contribution in [-0.2, 0) is 4.79 Å². The summed E-state index contributed by atoms with van der Waals surface area (Å²) < 4.78 is 0. The summed E-state index contributed by atoms with van der Waals surface area (Å²) in [5, 5.41) is 13.5. The standard InChI is InChI=1S/C7H7N3O3/c11-7(12)6-3-1-2-5(9-6)4-8-10-13/h1-4,9H,(H,8,13)(H,11,12)/b5-4+. The van der Waals surface area contributed by atoms with E-state index in [-0.39, 0.29) is 5.70 Å². The summed E-state index contributed by atoms with van der Waals surface area (Å²) in [4.78, 5) is 20.2. The Morgan fingerprint density at radius 3 is 3.08 bits per heavy atom. The van der Waals surface area contributed by atoms with Crippen LogP contribution >= 0.6 is 0 Å². The van der Waals surface area contributed by atoms with Gasteiger partial charge < -0.3 is 10.4 Å². The van der Waals surface area contributed by atoms with Crippen LogP contribution in [0.3, 0.4) is 0 Å². The third-order valence-corrected chi connectivity index (χ3v) is 1.32. The number of hydrogen-bond donors (Lipinski definition) is 3. The minimum Gasteiger partial charge on any atom is -0.477 e. The van der Waals surface area contributed by atoms with E-state index in [9.17, 15) is 9.70 Å². The number of carboxylic acid groups (broad SMARTS) is 1. The second-order valence-corrected chi connectivity index (χ2v) is 2.19. The molecular formula is C7H7N3O3. The van der Waals surface area contributed by atoms with Gasteiger partial charge in [-0.15, -0.1) is 4.91 Å². The molecule has 0 unspecified atom stereocenters. The molecule has 0 aromatic carbocycles. The van der Waals surface area contributed by atoms with Gasteiger partial charge in [0.25, 0.3) is 0 Å². The van der Waals surface area contributed by atoms with Gasteiger partial charge in [0.1, 0.15) is 5.70 Å². The summed E-state index contributed by atoms with van der Waals surface area (Å²) >= 11 is 0. The van der Waals surface area contributed by atoms with Crippen molar-refractivity contribution in [3.63, 3.8) is 0 Å². The summed E-state index contributed by atoms with van der Waals surface area (Å²) in [7, 11) is 0. The Morgan fingerprint density at radius 1 is 1.69 bits per heavy atom. The molecule has 0 aromatic rings. The second-order valence-electron chi connectivity index (χ2n) is 2.19. The normalized spacial score (nSPS) is 17.5. The Kier molecular flexibility index (Phi) is 2.80. The molecule has 0 atom stereocenters. The van der Waals surface area contributed by atoms with Crippen molar-refractivity contribution in [2.75, 3.05) is 0 Å². The van der Waals surface area contributed by atoms with E-state index in [1.165, 1.54) is 12.3 Å². The average molecular weight is 181 g/mol. The molecule has 6 nitrogen and oxygen atoms in total. The van der Waals surface area contributed by atoms with E-state index in [1.807, 2.05) is 0 Å². The molecular weight excluding hydrogens is 174 g/mol. The van der Waals surface area contributed by atoms with Crippen molar-refractivity contribution < 1.29 is 9.90 Å². The fourth-order valence-corrected chi connectivity index (χ4v) is 0.792. The molecule has 0 radical (unpaired) electrons. The second kappa shape index (κ2) is 4.05. The van der Waals surface area contributed by atoms with Gasteiger partial charge in [-0.1, -0.05) is 6.08 Å². The van der Waals surface area contributed by atoms with Gasteiger partial charge in [-0.2, -0.15) is 0 Å². The zero-order valence-electron chi connectivity index (χ0n) is 6.52. The van der Waals surface area contributed by atoms with Crippen molar-refractivity contribution in [2.24, 2.45) is 5.29 Å². The summed E-state index contributed by atoms with van der Waals surface area (Å²) in [5.74, 6) is -1.06. The summed E-state index contributed by atoms with van der Waals surface area (Å²) in [6, 6.07) is 0. The molecule has 0 aromatic heterocycles. The molecule has 0 saturated carbocycles. The highest BCUT2D eigenvalue weighted by atomic mass is 16.4. The van der Waals surface area contributed by atoms with Gasteiger partial charge in [0.05, 0.1) is 11.0 Å². The van der Waals surface area contributed by atoms with Gasteiger partial charge in [-0.25, -0.2) is 10.2 Å². The first-order chi connectivity index (χ1) is 6.24. The molecule has 1 rings (SSSR count). The third-order valence-electron chi connectivity index (χ3n) is 1.32. The fraction of sp³-hybridized carbons (Fsp3) is 0. The lowest BCUT2D eigenvalue weighted by molar-refractivity contribution is -0.133. The number of carboxylic acids is 1. The lowest BCUT2D eigenvalue weighted by Crippen LogP contribution is -2.21. The van der Waals surface area contributed by atoms with Gasteiger partial charge in [0.2, 0.25) is 0 Å². The molecule has 1 aliphatic rings. The first-order valence-corrected chi connectivity index (χ1v) is 3.41. The molecule has 0 bridgehead atoms. The zero-order valence-corrected chi connectivity index (χ0v) is 6.52. The number of nitrogens with zero attached hydrogens (tertiary/aromatic N) is 1. The largest absolute Gasteiger partial charge is 0.477 e. The number of carbonyl (C=O) groups is 1. The van der Waals surface area contributed by atoms with Crippen LogP contribution in [0.5, 0.6) is 0 Å². The van der Waals surface area contributed by atoms with Crippen LogP contribution in [0.25, 0.3) is 0 Å². The van der Waals surface area contributed by atoms with E-state index in [4.69, 9.17) is 5.11 Å². The number of aliphatic carboxylic acids is 1. The summed E-state index contributed by atoms with van der Waals surface area (Å²) in [6.07, 6.45) is 5.83. The van der Waals surface area contributed by atoms with E-state index in [0.29, 0.717) is 5.70 Å². The Labute approximate surface area is 73.6 Å². The molecule has 68 valence electrons. The van der Waals surface area contributed by atoms with E-state index >= 15 is 0 Å². The molecule has 6 heteroatoms. The predicted molar refractivity (Wildman–Crippen MR) is 45.0 cm³/mol. The Balaban J connectivity index is 2.69. The van der Waals surface area contributed by atoms with Crippen LogP contribution in [0.1, 0.15) is 0 Å². The summed E-state index contributed by atoms with van der Waals surface area (Å²) in [5.41, 5.74) is 2.55. The molecule has 0 fully saturated rings. The molecule has 0 saturated heterocycles. The lowest BCUT2D eigenvalue weighted by Gasteiger charge is -2.10. The van der Waals surface area contributed by atoms with Crippen molar-refractivity contribution in [1.82, 2.24) is 10.7 Å². The van der Waals surface area contributed by atoms with Crippen molar-refractivity contribution in [2.45, 2.75) is 0 Å². The fourth-order valence-electron chi connectivity index (χ4n) is 0.792. The quantitative estimate of drug-likeness (QED) is 0.428. The molecule has 1 heterocycles. The molecule has 0 spiro atoms. The van der Waals surface area contributed by atoms with Crippen LogP contribution in [0.2, 0.25) is 0 Å².